The molecule has 1 aromatic heterocycles. The first-order valence-corrected chi connectivity index (χ1v) is 12.0. The highest BCUT2D eigenvalue weighted by Gasteiger charge is 2.29. The standard InChI is InChI=1S/C26H33N5O3/c1-5-28(4)25(33)22-16-20(31-10-6-7-23(31)32)8-9-21(22)26(34)30-13-11-29(12-14-30)24-19(3)15-18(2)17-27-24/h8-9,15-17H,5-7,10-14H2,1-4H3. The van der Waals surface area contributed by atoms with Gasteiger partial charge in [-0.3, -0.25) is 14.4 Å². The van der Waals surface area contributed by atoms with Crippen molar-refractivity contribution in [2.75, 3.05) is 56.1 Å². The number of aromatic nitrogens is 1. The van der Waals surface area contributed by atoms with E-state index >= 15 is 0 Å². The summed E-state index contributed by atoms with van der Waals surface area (Å²) >= 11 is 0. The molecule has 2 saturated heterocycles. The van der Waals surface area contributed by atoms with E-state index in [1.54, 1.807) is 39.9 Å². The van der Waals surface area contributed by atoms with E-state index < -0.39 is 0 Å². The highest BCUT2D eigenvalue weighted by Crippen LogP contribution is 2.27. The van der Waals surface area contributed by atoms with Crippen LogP contribution in [-0.2, 0) is 4.79 Å². The van der Waals surface area contributed by atoms with Crippen LogP contribution in [0.2, 0.25) is 0 Å². The molecule has 2 aliphatic rings. The second-order valence-corrected chi connectivity index (χ2v) is 9.13. The topological polar surface area (TPSA) is 77.1 Å². The van der Waals surface area contributed by atoms with Crippen molar-refractivity contribution < 1.29 is 14.4 Å². The van der Waals surface area contributed by atoms with E-state index in [0.29, 0.717) is 62.5 Å². The molecular weight excluding hydrogens is 430 g/mol. The van der Waals surface area contributed by atoms with Crippen LogP contribution in [0.1, 0.15) is 51.6 Å². The molecule has 0 bridgehead atoms. The first kappa shape index (κ1) is 23.7. The maximum Gasteiger partial charge on any atom is 0.254 e. The summed E-state index contributed by atoms with van der Waals surface area (Å²) in [6, 6.07) is 7.32. The summed E-state index contributed by atoms with van der Waals surface area (Å²) in [5, 5.41) is 0. The van der Waals surface area contributed by atoms with E-state index in [-0.39, 0.29) is 17.7 Å². The predicted molar refractivity (Wildman–Crippen MR) is 132 cm³/mol. The Labute approximate surface area is 201 Å². The Morgan fingerprint density at radius 2 is 1.76 bits per heavy atom. The van der Waals surface area contributed by atoms with Crippen molar-refractivity contribution >= 4 is 29.2 Å². The predicted octanol–water partition coefficient (Wildman–Crippen LogP) is 2.88. The van der Waals surface area contributed by atoms with Gasteiger partial charge in [-0.1, -0.05) is 6.07 Å². The summed E-state index contributed by atoms with van der Waals surface area (Å²) in [5.41, 5.74) is 3.67. The molecule has 0 aliphatic carbocycles. The third-order valence-electron chi connectivity index (χ3n) is 6.72. The number of carbonyl (C=O) groups is 3. The number of hydrogen-bond acceptors (Lipinski definition) is 5. The molecule has 3 heterocycles. The number of nitrogens with zero attached hydrogens (tertiary/aromatic N) is 5. The summed E-state index contributed by atoms with van der Waals surface area (Å²) in [7, 11) is 1.72. The zero-order valence-electron chi connectivity index (χ0n) is 20.5. The third-order valence-corrected chi connectivity index (χ3v) is 6.72. The minimum atomic E-state index is -0.211. The van der Waals surface area contributed by atoms with E-state index in [1.807, 2.05) is 20.0 Å². The smallest absolute Gasteiger partial charge is 0.254 e. The van der Waals surface area contributed by atoms with Gasteiger partial charge in [-0.05, 0) is 56.5 Å². The SMILES string of the molecule is CCN(C)C(=O)c1cc(N2CCCC2=O)ccc1C(=O)N1CCN(c2ncc(C)cc2C)CC1. The third kappa shape index (κ3) is 4.62. The van der Waals surface area contributed by atoms with Crippen LogP contribution in [0.3, 0.4) is 0 Å². The molecule has 0 radical (unpaired) electrons. The van der Waals surface area contributed by atoms with Crippen molar-refractivity contribution in [3.63, 3.8) is 0 Å². The number of hydrogen-bond donors (Lipinski definition) is 0. The summed E-state index contributed by atoms with van der Waals surface area (Å²) in [4.78, 5) is 50.8. The van der Waals surface area contributed by atoms with Gasteiger partial charge in [-0.15, -0.1) is 0 Å². The van der Waals surface area contributed by atoms with Crippen LogP contribution in [0.25, 0.3) is 0 Å². The quantitative estimate of drug-likeness (QED) is 0.682. The Bertz CT molecular complexity index is 1110. The zero-order chi connectivity index (χ0) is 24.4. The summed E-state index contributed by atoms with van der Waals surface area (Å²) < 4.78 is 0. The minimum Gasteiger partial charge on any atom is -0.353 e. The Morgan fingerprint density at radius 3 is 2.38 bits per heavy atom. The lowest BCUT2D eigenvalue weighted by molar-refractivity contribution is -0.117. The lowest BCUT2D eigenvalue weighted by Crippen LogP contribution is -2.49. The number of rotatable bonds is 5. The van der Waals surface area contributed by atoms with Crippen LogP contribution in [0.5, 0.6) is 0 Å². The highest BCUT2D eigenvalue weighted by atomic mass is 16.2. The van der Waals surface area contributed by atoms with Crippen LogP contribution >= 0.6 is 0 Å². The maximum atomic E-state index is 13.5. The van der Waals surface area contributed by atoms with Crippen molar-refractivity contribution in [2.24, 2.45) is 0 Å². The number of carbonyl (C=O) groups excluding carboxylic acids is 3. The first-order chi connectivity index (χ1) is 16.3. The number of piperazine rings is 1. The minimum absolute atomic E-state index is 0.0532. The Hall–Kier alpha value is -3.42. The number of anilines is 2. The van der Waals surface area contributed by atoms with Crippen molar-refractivity contribution in [1.29, 1.82) is 0 Å². The lowest BCUT2D eigenvalue weighted by atomic mass is 10.0. The fourth-order valence-corrected chi connectivity index (χ4v) is 4.66. The fourth-order valence-electron chi connectivity index (χ4n) is 4.66. The largest absolute Gasteiger partial charge is 0.353 e. The molecule has 3 amide bonds. The van der Waals surface area contributed by atoms with Crippen molar-refractivity contribution in [3.8, 4) is 0 Å². The van der Waals surface area contributed by atoms with Crippen molar-refractivity contribution in [3.05, 3.63) is 52.7 Å². The van der Waals surface area contributed by atoms with Crippen LogP contribution < -0.4 is 9.80 Å². The van der Waals surface area contributed by atoms with Gasteiger partial charge in [0, 0.05) is 64.6 Å². The zero-order valence-corrected chi connectivity index (χ0v) is 20.5. The van der Waals surface area contributed by atoms with Gasteiger partial charge >= 0.3 is 0 Å². The van der Waals surface area contributed by atoms with E-state index in [1.165, 1.54) is 0 Å². The second-order valence-electron chi connectivity index (χ2n) is 9.13. The van der Waals surface area contributed by atoms with Gasteiger partial charge in [0.15, 0.2) is 0 Å². The lowest BCUT2D eigenvalue weighted by Gasteiger charge is -2.36. The average Bonchev–Trinajstić information content (AvgIpc) is 3.28. The van der Waals surface area contributed by atoms with Crippen LogP contribution in [-0.4, -0.2) is 78.8 Å². The monoisotopic (exact) mass is 463 g/mol. The molecule has 2 fully saturated rings. The molecule has 0 atom stereocenters. The van der Waals surface area contributed by atoms with Gasteiger partial charge in [-0.2, -0.15) is 0 Å². The molecule has 0 spiro atoms. The molecule has 8 nitrogen and oxygen atoms in total. The number of pyridine rings is 1. The average molecular weight is 464 g/mol. The van der Waals surface area contributed by atoms with E-state index in [9.17, 15) is 14.4 Å². The van der Waals surface area contributed by atoms with Gasteiger partial charge in [0.1, 0.15) is 5.82 Å². The fraction of sp³-hybridized carbons (Fsp3) is 0.462. The molecule has 8 heteroatoms. The van der Waals surface area contributed by atoms with E-state index in [2.05, 4.69) is 22.9 Å². The number of amides is 3. The van der Waals surface area contributed by atoms with E-state index in [0.717, 1.165) is 23.4 Å². The molecule has 180 valence electrons. The molecule has 0 unspecified atom stereocenters. The van der Waals surface area contributed by atoms with Crippen LogP contribution in [0.15, 0.2) is 30.5 Å². The highest BCUT2D eigenvalue weighted by molar-refractivity contribution is 6.08. The van der Waals surface area contributed by atoms with Gasteiger partial charge in [0.05, 0.1) is 11.1 Å². The maximum absolute atomic E-state index is 13.5. The molecule has 4 rings (SSSR count). The molecule has 2 aliphatic heterocycles. The van der Waals surface area contributed by atoms with Crippen LogP contribution in [0.4, 0.5) is 11.5 Å². The first-order valence-electron chi connectivity index (χ1n) is 12.0. The molecule has 0 saturated carbocycles. The normalized spacial score (nSPS) is 16.2. The molecule has 1 aromatic carbocycles. The van der Waals surface area contributed by atoms with E-state index in [4.69, 9.17) is 0 Å². The van der Waals surface area contributed by atoms with Crippen molar-refractivity contribution in [1.82, 2.24) is 14.8 Å². The Balaban J connectivity index is 1.56. The van der Waals surface area contributed by atoms with Gasteiger partial charge in [0.2, 0.25) is 5.91 Å². The van der Waals surface area contributed by atoms with Crippen LogP contribution in [0, 0.1) is 13.8 Å². The molecule has 0 N–H and O–H groups in total. The van der Waals surface area contributed by atoms with Gasteiger partial charge < -0.3 is 19.6 Å². The number of aryl methyl sites for hydroxylation is 2. The number of benzene rings is 1. The summed E-state index contributed by atoms with van der Waals surface area (Å²) in [6.07, 6.45) is 3.18. The summed E-state index contributed by atoms with van der Waals surface area (Å²) in [5.74, 6) is 0.646. The Morgan fingerprint density at radius 1 is 1.03 bits per heavy atom. The van der Waals surface area contributed by atoms with Gasteiger partial charge in [-0.25, -0.2) is 4.98 Å². The summed E-state index contributed by atoms with van der Waals surface area (Å²) in [6.45, 7) is 9.62. The second kappa shape index (κ2) is 9.83. The molecule has 34 heavy (non-hydrogen) atoms. The molecular formula is C26H33N5O3. The van der Waals surface area contributed by atoms with Gasteiger partial charge in [0.25, 0.3) is 11.8 Å². The Kier molecular flexibility index (Phi) is 6.86. The molecule has 2 aromatic rings. The van der Waals surface area contributed by atoms with Crippen molar-refractivity contribution in [2.45, 2.75) is 33.6 Å².